The second-order valence-electron chi connectivity index (χ2n) is 7.63. The Morgan fingerprint density at radius 2 is 2.07 bits per heavy atom. The van der Waals surface area contributed by atoms with Crippen molar-refractivity contribution < 1.29 is 0 Å². The molecule has 0 unspecified atom stereocenters. The van der Waals surface area contributed by atoms with Gasteiger partial charge in [0.15, 0.2) is 0 Å². The number of nitrogens with zero attached hydrogens (tertiary/aromatic N) is 4. The summed E-state index contributed by atoms with van der Waals surface area (Å²) in [5.41, 5.74) is 10.4. The van der Waals surface area contributed by atoms with Gasteiger partial charge in [-0.15, -0.1) is 0 Å². The smallest absolute Gasteiger partial charge is 0.202 e. The third-order valence-electron chi connectivity index (χ3n) is 5.77. The molecule has 6 nitrogen and oxygen atoms in total. The molecule has 0 aliphatic carbocycles. The Hall–Kier alpha value is -2.18. The van der Waals surface area contributed by atoms with E-state index in [1.807, 2.05) is 24.4 Å². The van der Waals surface area contributed by atoms with E-state index in [0.717, 1.165) is 72.1 Å². The largest absolute Gasteiger partial charge is 0.355 e. The molecule has 0 saturated carbocycles. The lowest BCUT2D eigenvalue weighted by Gasteiger charge is -2.39. The van der Waals surface area contributed by atoms with Crippen LogP contribution in [0.5, 0.6) is 0 Å². The van der Waals surface area contributed by atoms with E-state index >= 15 is 0 Å². The van der Waals surface area contributed by atoms with E-state index in [1.54, 1.807) is 0 Å². The minimum Gasteiger partial charge on any atom is -0.355 e. The predicted molar refractivity (Wildman–Crippen MR) is 110 cm³/mol. The Labute approximate surface area is 164 Å². The molecule has 2 aromatic heterocycles. The number of hydrogen-bond donors (Lipinski definition) is 2. The lowest BCUT2D eigenvalue weighted by molar-refractivity contribution is 0.258. The van der Waals surface area contributed by atoms with E-state index in [9.17, 15) is 0 Å². The molecule has 27 heavy (non-hydrogen) atoms. The number of rotatable bonds is 4. The molecular formula is C20H25ClN6. The Kier molecular flexibility index (Phi) is 4.78. The minimum absolute atomic E-state index is 0.231. The molecular weight excluding hydrogens is 360 g/mol. The first kappa shape index (κ1) is 18.2. The summed E-state index contributed by atoms with van der Waals surface area (Å²) in [5, 5.41) is 8.21. The lowest BCUT2D eigenvalue weighted by atomic mass is 9.80. The molecule has 0 atom stereocenters. The number of H-pyrrole nitrogens is 1. The van der Waals surface area contributed by atoms with Gasteiger partial charge in [0.1, 0.15) is 11.3 Å². The number of nitrogens with one attached hydrogen (secondary N) is 1. The number of halogens is 1. The maximum atomic E-state index is 6.58. The summed E-state index contributed by atoms with van der Waals surface area (Å²) in [6.07, 6.45) is 4.85. The van der Waals surface area contributed by atoms with Crippen molar-refractivity contribution in [3.05, 3.63) is 35.0 Å². The van der Waals surface area contributed by atoms with Crippen LogP contribution >= 0.6 is 11.6 Å². The number of aryl methyl sites for hydroxylation is 1. The van der Waals surface area contributed by atoms with Crippen molar-refractivity contribution >= 4 is 28.6 Å². The number of aromatic nitrogens is 4. The van der Waals surface area contributed by atoms with Crippen LogP contribution in [0.1, 0.15) is 32.3 Å². The van der Waals surface area contributed by atoms with Gasteiger partial charge in [-0.3, -0.25) is 5.10 Å². The van der Waals surface area contributed by atoms with E-state index in [4.69, 9.17) is 22.3 Å². The van der Waals surface area contributed by atoms with Gasteiger partial charge in [-0.2, -0.15) is 5.10 Å². The minimum atomic E-state index is 0.231. The average molecular weight is 385 g/mol. The molecule has 0 radical (unpaired) electrons. The molecule has 4 rings (SSSR count). The highest BCUT2D eigenvalue weighted by Gasteiger charge is 2.29. The van der Waals surface area contributed by atoms with Crippen molar-refractivity contribution in [1.82, 2.24) is 20.2 Å². The maximum absolute atomic E-state index is 6.58. The van der Waals surface area contributed by atoms with E-state index in [1.165, 1.54) is 0 Å². The fourth-order valence-electron chi connectivity index (χ4n) is 3.65. The van der Waals surface area contributed by atoms with Gasteiger partial charge in [-0.1, -0.05) is 43.6 Å². The van der Waals surface area contributed by atoms with Crippen LogP contribution in [0.3, 0.4) is 0 Å². The zero-order valence-corrected chi connectivity index (χ0v) is 16.6. The third-order valence-corrected chi connectivity index (χ3v) is 6.21. The van der Waals surface area contributed by atoms with Crippen LogP contribution in [-0.4, -0.2) is 39.8 Å². The standard InChI is InChI=1S/C20H25ClN6/c1-3-13-5-4-6-14(16(13)21)17-18-19(26-25-17)24-15(11-23-18)27-9-7-20(2,12-22)8-10-27/h4-6,11H,3,7-10,12,22H2,1-2H3,(H,24,25,26). The van der Waals surface area contributed by atoms with Crippen LogP contribution in [0, 0.1) is 5.41 Å². The molecule has 0 spiro atoms. The molecule has 1 aliphatic heterocycles. The molecule has 0 bridgehead atoms. The van der Waals surface area contributed by atoms with E-state index in [-0.39, 0.29) is 5.41 Å². The highest BCUT2D eigenvalue weighted by atomic mass is 35.5. The number of benzene rings is 1. The van der Waals surface area contributed by atoms with Gasteiger partial charge in [0, 0.05) is 18.7 Å². The van der Waals surface area contributed by atoms with Gasteiger partial charge >= 0.3 is 0 Å². The average Bonchev–Trinajstić information content (AvgIpc) is 3.12. The molecule has 1 fully saturated rings. The molecule has 1 aliphatic rings. The van der Waals surface area contributed by atoms with Gasteiger partial charge in [-0.05, 0) is 36.8 Å². The molecule has 1 saturated heterocycles. The van der Waals surface area contributed by atoms with E-state index < -0.39 is 0 Å². The molecule has 3 N–H and O–H groups in total. The van der Waals surface area contributed by atoms with Crippen molar-refractivity contribution in [3.63, 3.8) is 0 Å². The SMILES string of the molecule is CCc1cccc(-c2[nH]nc3nc(N4CCC(C)(CN)CC4)cnc23)c1Cl. The van der Waals surface area contributed by atoms with Crippen LogP contribution in [0.15, 0.2) is 24.4 Å². The fraction of sp³-hybridized carbons (Fsp3) is 0.450. The van der Waals surface area contributed by atoms with Gasteiger partial charge in [0.2, 0.25) is 5.65 Å². The molecule has 7 heteroatoms. The molecule has 3 aromatic rings. The molecule has 3 heterocycles. The van der Waals surface area contributed by atoms with Gasteiger partial charge in [0.25, 0.3) is 0 Å². The topological polar surface area (TPSA) is 83.7 Å². The number of piperidine rings is 1. The Balaban J connectivity index is 1.65. The van der Waals surface area contributed by atoms with Crippen LogP contribution in [0.4, 0.5) is 5.82 Å². The Morgan fingerprint density at radius 3 is 2.78 bits per heavy atom. The van der Waals surface area contributed by atoms with Crippen molar-refractivity contribution in [1.29, 1.82) is 0 Å². The second-order valence-corrected chi connectivity index (χ2v) is 8.01. The molecule has 0 amide bonds. The van der Waals surface area contributed by atoms with Crippen LogP contribution in [-0.2, 0) is 6.42 Å². The number of hydrogen-bond acceptors (Lipinski definition) is 5. The zero-order chi connectivity index (χ0) is 19.0. The third kappa shape index (κ3) is 3.28. The first-order chi connectivity index (χ1) is 13.0. The highest BCUT2D eigenvalue weighted by molar-refractivity contribution is 6.34. The first-order valence-electron chi connectivity index (χ1n) is 9.48. The number of aromatic amines is 1. The fourth-order valence-corrected chi connectivity index (χ4v) is 4.01. The van der Waals surface area contributed by atoms with Gasteiger partial charge in [0.05, 0.1) is 16.9 Å². The van der Waals surface area contributed by atoms with Gasteiger partial charge in [-0.25, -0.2) is 9.97 Å². The van der Waals surface area contributed by atoms with E-state index in [2.05, 4.69) is 33.9 Å². The number of anilines is 1. The summed E-state index contributed by atoms with van der Waals surface area (Å²) < 4.78 is 0. The summed E-state index contributed by atoms with van der Waals surface area (Å²) in [6, 6.07) is 6.04. The zero-order valence-electron chi connectivity index (χ0n) is 15.8. The van der Waals surface area contributed by atoms with Crippen LogP contribution in [0.25, 0.3) is 22.4 Å². The summed E-state index contributed by atoms with van der Waals surface area (Å²) >= 11 is 6.58. The quantitative estimate of drug-likeness (QED) is 0.714. The summed E-state index contributed by atoms with van der Waals surface area (Å²) in [6.45, 7) is 6.96. The first-order valence-corrected chi connectivity index (χ1v) is 9.86. The molecule has 1 aromatic carbocycles. The van der Waals surface area contributed by atoms with Crippen molar-refractivity contribution in [2.45, 2.75) is 33.1 Å². The normalized spacial score (nSPS) is 16.8. The maximum Gasteiger partial charge on any atom is 0.202 e. The van der Waals surface area contributed by atoms with Crippen LogP contribution in [0.2, 0.25) is 5.02 Å². The van der Waals surface area contributed by atoms with Crippen molar-refractivity contribution in [2.24, 2.45) is 11.1 Å². The van der Waals surface area contributed by atoms with Crippen LogP contribution < -0.4 is 10.6 Å². The Morgan fingerprint density at radius 1 is 1.30 bits per heavy atom. The predicted octanol–water partition coefficient (Wildman–Crippen LogP) is 3.80. The Bertz CT molecular complexity index is 958. The summed E-state index contributed by atoms with van der Waals surface area (Å²) in [7, 11) is 0. The summed E-state index contributed by atoms with van der Waals surface area (Å²) in [5.74, 6) is 0.869. The monoisotopic (exact) mass is 384 g/mol. The lowest BCUT2D eigenvalue weighted by Crippen LogP contribution is -2.42. The second kappa shape index (κ2) is 7.09. The van der Waals surface area contributed by atoms with Crippen molar-refractivity contribution in [3.8, 4) is 11.3 Å². The molecule has 142 valence electrons. The van der Waals surface area contributed by atoms with Gasteiger partial charge < -0.3 is 10.6 Å². The highest BCUT2D eigenvalue weighted by Crippen LogP contribution is 2.34. The van der Waals surface area contributed by atoms with Crippen molar-refractivity contribution in [2.75, 3.05) is 24.5 Å². The number of fused-ring (bicyclic) bond motifs is 1. The number of nitrogens with two attached hydrogens (primary N) is 1. The van der Waals surface area contributed by atoms with E-state index in [0.29, 0.717) is 5.65 Å². The summed E-state index contributed by atoms with van der Waals surface area (Å²) in [4.78, 5) is 11.7.